The number of rotatable bonds is 8. The van der Waals surface area contributed by atoms with E-state index in [9.17, 15) is 4.79 Å². The zero-order chi connectivity index (χ0) is 22.1. The molecule has 2 amide bonds. The predicted molar refractivity (Wildman–Crippen MR) is 130 cm³/mol. The highest BCUT2D eigenvalue weighted by atomic mass is 32.1. The first kappa shape index (κ1) is 23.1. The number of carbonyl (C=O) groups is 1. The Hall–Kier alpha value is -2.58. The van der Waals surface area contributed by atoms with Gasteiger partial charge in [-0.3, -0.25) is 9.89 Å². The number of amides is 2. The van der Waals surface area contributed by atoms with Gasteiger partial charge >= 0.3 is 6.03 Å². The molecule has 1 aromatic carbocycles. The number of benzene rings is 1. The summed E-state index contributed by atoms with van der Waals surface area (Å²) in [4.78, 5) is 20.1. The van der Waals surface area contributed by atoms with Gasteiger partial charge in [0.1, 0.15) is 0 Å². The zero-order valence-electron chi connectivity index (χ0n) is 18.6. The molecule has 0 radical (unpaired) electrons. The van der Waals surface area contributed by atoms with Crippen LogP contribution in [0.4, 0.5) is 10.5 Å². The van der Waals surface area contributed by atoms with Gasteiger partial charge in [-0.1, -0.05) is 18.2 Å². The lowest BCUT2D eigenvalue weighted by molar-refractivity contribution is 0.249. The average Bonchev–Trinajstić information content (AvgIpc) is 3.46. The second kappa shape index (κ2) is 11.7. The first-order chi connectivity index (χ1) is 15.0. The second-order valence-electron chi connectivity index (χ2n) is 8.03. The molecule has 0 spiro atoms. The van der Waals surface area contributed by atoms with Gasteiger partial charge < -0.3 is 21.3 Å². The van der Waals surface area contributed by atoms with E-state index in [4.69, 9.17) is 0 Å². The summed E-state index contributed by atoms with van der Waals surface area (Å²) in [5.74, 6) is 0.791. The quantitative estimate of drug-likeness (QED) is 0.370. The Balaban J connectivity index is 1.49. The summed E-state index contributed by atoms with van der Waals surface area (Å²) in [7, 11) is 1.80. The molecule has 2 aromatic rings. The van der Waals surface area contributed by atoms with E-state index in [1.165, 1.54) is 17.7 Å². The molecule has 1 atom stereocenters. The lowest BCUT2D eigenvalue weighted by Crippen LogP contribution is -2.42. The largest absolute Gasteiger partial charge is 0.354 e. The first-order valence-corrected chi connectivity index (χ1v) is 11.8. The Bertz CT molecular complexity index is 828. The fourth-order valence-electron chi connectivity index (χ4n) is 3.68. The third-order valence-electron chi connectivity index (χ3n) is 5.23. The lowest BCUT2D eigenvalue weighted by atomic mass is 10.2. The summed E-state index contributed by atoms with van der Waals surface area (Å²) in [5.41, 5.74) is 1.89. The zero-order valence-corrected chi connectivity index (χ0v) is 19.5. The Kier molecular flexibility index (Phi) is 8.73. The van der Waals surface area contributed by atoms with Crippen molar-refractivity contribution in [2.75, 3.05) is 32.0 Å². The molecule has 1 fully saturated rings. The Morgan fingerprint density at radius 3 is 2.48 bits per heavy atom. The fourth-order valence-corrected chi connectivity index (χ4v) is 4.54. The molecular weight excluding hydrogens is 408 g/mol. The third-order valence-corrected chi connectivity index (χ3v) is 6.20. The molecule has 7 nitrogen and oxygen atoms in total. The van der Waals surface area contributed by atoms with Crippen molar-refractivity contribution in [2.24, 2.45) is 4.99 Å². The highest BCUT2D eigenvalue weighted by molar-refractivity contribution is 7.10. The number of hydrogen-bond donors (Lipinski definition) is 4. The number of carbonyl (C=O) groups excluding carboxylic acids is 1. The van der Waals surface area contributed by atoms with Gasteiger partial charge in [-0.25, -0.2) is 4.79 Å². The molecule has 4 N–H and O–H groups in total. The van der Waals surface area contributed by atoms with Gasteiger partial charge in [0.05, 0.1) is 6.04 Å². The van der Waals surface area contributed by atoms with Crippen molar-refractivity contribution >= 4 is 29.0 Å². The van der Waals surface area contributed by atoms with Gasteiger partial charge in [0.25, 0.3) is 0 Å². The summed E-state index contributed by atoms with van der Waals surface area (Å²) in [6.45, 7) is 7.67. The molecule has 2 heterocycles. The molecule has 168 valence electrons. The van der Waals surface area contributed by atoms with Gasteiger partial charge in [0.15, 0.2) is 5.96 Å². The molecule has 1 aromatic heterocycles. The van der Waals surface area contributed by atoms with Crippen LogP contribution in [0.25, 0.3) is 0 Å². The molecule has 8 heteroatoms. The predicted octanol–water partition coefficient (Wildman–Crippen LogP) is 3.78. The van der Waals surface area contributed by atoms with Crippen molar-refractivity contribution < 1.29 is 4.79 Å². The molecule has 1 aliphatic rings. The molecule has 31 heavy (non-hydrogen) atoms. The topological polar surface area (TPSA) is 80.8 Å². The molecule has 0 saturated carbocycles. The van der Waals surface area contributed by atoms with Crippen molar-refractivity contribution in [3.05, 3.63) is 52.2 Å². The van der Waals surface area contributed by atoms with E-state index in [0.29, 0.717) is 12.6 Å². The van der Waals surface area contributed by atoms with Crippen LogP contribution in [0.1, 0.15) is 43.2 Å². The molecular formula is C23H34N6OS. The lowest BCUT2D eigenvalue weighted by Gasteiger charge is -2.27. The van der Waals surface area contributed by atoms with E-state index in [2.05, 4.69) is 48.7 Å². The van der Waals surface area contributed by atoms with E-state index in [0.717, 1.165) is 36.8 Å². The van der Waals surface area contributed by atoms with E-state index in [-0.39, 0.29) is 12.1 Å². The van der Waals surface area contributed by atoms with E-state index in [1.54, 1.807) is 7.05 Å². The van der Waals surface area contributed by atoms with Crippen LogP contribution in [0, 0.1) is 0 Å². The standard InChI is InChI=1S/C23H34N6OS/c1-17(2)27-23(30)28-19-10-8-18(9-11-19)15-25-22(24-3)26-16-20(21-7-6-14-31-21)29-12-4-5-13-29/h6-11,14,17,20H,4-5,12-13,15-16H2,1-3H3,(H2,24,25,26)(H2,27,28,30). The maximum absolute atomic E-state index is 11.8. The van der Waals surface area contributed by atoms with Crippen LogP contribution >= 0.6 is 11.3 Å². The number of likely N-dealkylation sites (tertiary alicyclic amines) is 1. The van der Waals surface area contributed by atoms with Gasteiger partial charge in [0, 0.05) is 36.7 Å². The third kappa shape index (κ3) is 7.25. The summed E-state index contributed by atoms with van der Waals surface area (Å²) in [6.07, 6.45) is 2.55. The number of guanidine groups is 1. The smallest absolute Gasteiger partial charge is 0.319 e. The fraction of sp³-hybridized carbons (Fsp3) is 0.478. The average molecular weight is 443 g/mol. The number of aliphatic imine (C=N–C) groups is 1. The van der Waals surface area contributed by atoms with Crippen molar-refractivity contribution in [3.8, 4) is 0 Å². The van der Waals surface area contributed by atoms with Crippen molar-refractivity contribution in [1.29, 1.82) is 0 Å². The Morgan fingerprint density at radius 2 is 1.87 bits per heavy atom. The van der Waals surface area contributed by atoms with E-state index < -0.39 is 0 Å². The molecule has 0 bridgehead atoms. The Morgan fingerprint density at radius 1 is 1.13 bits per heavy atom. The highest BCUT2D eigenvalue weighted by Crippen LogP contribution is 2.27. The summed E-state index contributed by atoms with van der Waals surface area (Å²) < 4.78 is 0. The first-order valence-electron chi connectivity index (χ1n) is 10.9. The molecule has 1 saturated heterocycles. The normalized spacial score (nSPS) is 15.7. The molecule has 1 aliphatic heterocycles. The van der Waals surface area contributed by atoms with Gasteiger partial charge in [-0.2, -0.15) is 0 Å². The number of nitrogens with one attached hydrogen (secondary N) is 4. The van der Waals surface area contributed by atoms with E-state index >= 15 is 0 Å². The number of anilines is 1. The maximum atomic E-state index is 11.8. The minimum Gasteiger partial charge on any atom is -0.354 e. The Labute approximate surface area is 189 Å². The summed E-state index contributed by atoms with van der Waals surface area (Å²) >= 11 is 1.82. The van der Waals surface area contributed by atoms with Crippen LogP contribution in [0.2, 0.25) is 0 Å². The molecule has 1 unspecified atom stereocenters. The van der Waals surface area contributed by atoms with Crippen molar-refractivity contribution in [3.63, 3.8) is 0 Å². The van der Waals surface area contributed by atoms with Gasteiger partial charge in [-0.15, -0.1) is 11.3 Å². The molecule has 0 aliphatic carbocycles. The molecule has 3 rings (SSSR count). The number of thiophene rings is 1. The highest BCUT2D eigenvalue weighted by Gasteiger charge is 2.24. The van der Waals surface area contributed by atoms with Gasteiger partial charge in [-0.05, 0) is 68.9 Å². The number of nitrogens with zero attached hydrogens (tertiary/aromatic N) is 2. The van der Waals surface area contributed by atoms with E-state index in [1.807, 2.05) is 49.4 Å². The maximum Gasteiger partial charge on any atom is 0.319 e. The van der Waals surface area contributed by atoms with Crippen LogP contribution in [0.3, 0.4) is 0 Å². The summed E-state index contributed by atoms with van der Waals surface area (Å²) in [5, 5.41) is 14.7. The van der Waals surface area contributed by atoms with Crippen molar-refractivity contribution in [1.82, 2.24) is 20.9 Å². The van der Waals surface area contributed by atoms with Crippen LogP contribution in [0.5, 0.6) is 0 Å². The van der Waals surface area contributed by atoms with Crippen LogP contribution in [-0.4, -0.2) is 49.6 Å². The van der Waals surface area contributed by atoms with Gasteiger partial charge in [0.2, 0.25) is 0 Å². The number of urea groups is 1. The monoisotopic (exact) mass is 442 g/mol. The van der Waals surface area contributed by atoms with Crippen molar-refractivity contribution in [2.45, 2.75) is 45.3 Å². The number of hydrogen-bond acceptors (Lipinski definition) is 4. The second-order valence-corrected chi connectivity index (χ2v) is 9.01. The SMILES string of the molecule is CN=C(NCc1ccc(NC(=O)NC(C)C)cc1)NCC(c1cccs1)N1CCCC1. The summed E-state index contributed by atoms with van der Waals surface area (Å²) in [6, 6.07) is 12.5. The van der Waals surface area contributed by atoms with Crippen LogP contribution in [-0.2, 0) is 6.54 Å². The minimum absolute atomic E-state index is 0.104. The van der Waals surface area contributed by atoms with Crippen LogP contribution < -0.4 is 21.3 Å². The minimum atomic E-state index is -0.191. The van der Waals surface area contributed by atoms with Crippen LogP contribution in [0.15, 0.2) is 46.8 Å².